The SMILES string of the molecule is CCN(C(=O)NCC1(C(=O)O)CCC1)C1CCCCC1. The van der Waals surface area contributed by atoms with Gasteiger partial charge in [-0.3, -0.25) is 4.79 Å². The molecule has 2 aliphatic carbocycles. The predicted octanol–water partition coefficient (Wildman–Crippen LogP) is 2.61. The van der Waals surface area contributed by atoms with Gasteiger partial charge in [-0.2, -0.15) is 0 Å². The van der Waals surface area contributed by atoms with Crippen LogP contribution in [0.25, 0.3) is 0 Å². The third-order valence-corrected chi connectivity index (χ3v) is 4.96. The van der Waals surface area contributed by atoms with Crippen LogP contribution in [0.4, 0.5) is 4.79 Å². The van der Waals surface area contributed by atoms with Gasteiger partial charge < -0.3 is 15.3 Å². The van der Waals surface area contributed by atoms with Crippen molar-refractivity contribution in [2.45, 2.75) is 64.3 Å². The third kappa shape index (κ3) is 3.07. The molecule has 0 aliphatic heterocycles. The number of carbonyl (C=O) groups is 2. The lowest BCUT2D eigenvalue weighted by atomic mass is 9.69. The van der Waals surface area contributed by atoms with E-state index in [-0.39, 0.29) is 12.6 Å². The van der Waals surface area contributed by atoms with Crippen molar-refractivity contribution in [3.63, 3.8) is 0 Å². The van der Waals surface area contributed by atoms with Gasteiger partial charge in [0.15, 0.2) is 0 Å². The minimum Gasteiger partial charge on any atom is -0.481 e. The first-order chi connectivity index (χ1) is 9.59. The van der Waals surface area contributed by atoms with Crippen LogP contribution in [0.1, 0.15) is 58.3 Å². The topological polar surface area (TPSA) is 69.6 Å². The van der Waals surface area contributed by atoms with Crippen LogP contribution in [-0.2, 0) is 4.79 Å². The summed E-state index contributed by atoms with van der Waals surface area (Å²) in [5.41, 5.74) is -0.707. The number of carboxylic acids is 1. The number of carboxylic acid groups (broad SMARTS) is 1. The van der Waals surface area contributed by atoms with E-state index in [2.05, 4.69) is 5.32 Å². The lowest BCUT2D eigenvalue weighted by Crippen LogP contribution is -2.52. The maximum Gasteiger partial charge on any atom is 0.317 e. The maximum atomic E-state index is 12.3. The summed E-state index contributed by atoms with van der Waals surface area (Å²) in [5, 5.41) is 12.1. The number of amides is 2. The smallest absolute Gasteiger partial charge is 0.317 e. The van der Waals surface area contributed by atoms with Gasteiger partial charge in [0, 0.05) is 19.1 Å². The molecule has 0 saturated heterocycles. The first kappa shape index (κ1) is 15.1. The van der Waals surface area contributed by atoms with Gasteiger partial charge in [0.2, 0.25) is 0 Å². The summed E-state index contributed by atoms with van der Waals surface area (Å²) in [7, 11) is 0. The van der Waals surface area contributed by atoms with E-state index in [1.54, 1.807) is 0 Å². The Hall–Kier alpha value is -1.26. The fourth-order valence-electron chi connectivity index (χ4n) is 3.38. The zero-order valence-electron chi connectivity index (χ0n) is 12.4. The van der Waals surface area contributed by atoms with E-state index in [1.165, 1.54) is 19.3 Å². The molecule has 0 unspecified atom stereocenters. The monoisotopic (exact) mass is 282 g/mol. The van der Waals surface area contributed by atoms with Gasteiger partial charge in [-0.15, -0.1) is 0 Å². The summed E-state index contributed by atoms with van der Waals surface area (Å²) >= 11 is 0. The van der Waals surface area contributed by atoms with Crippen molar-refractivity contribution in [2.24, 2.45) is 5.41 Å². The average Bonchev–Trinajstić information content (AvgIpc) is 2.39. The molecule has 0 heterocycles. The number of carbonyl (C=O) groups excluding carboxylic acids is 1. The second-order valence-electron chi connectivity index (χ2n) is 6.18. The largest absolute Gasteiger partial charge is 0.481 e. The molecule has 0 aromatic rings. The highest BCUT2D eigenvalue weighted by Gasteiger charge is 2.44. The number of hydrogen-bond donors (Lipinski definition) is 2. The highest BCUT2D eigenvalue weighted by Crippen LogP contribution is 2.40. The summed E-state index contributed by atoms with van der Waals surface area (Å²) in [4.78, 5) is 25.5. The quantitative estimate of drug-likeness (QED) is 0.814. The van der Waals surface area contributed by atoms with Crippen LogP contribution < -0.4 is 5.32 Å². The van der Waals surface area contributed by atoms with E-state index in [0.717, 1.165) is 19.3 Å². The van der Waals surface area contributed by atoms with Gasteiger partial charge >= 0.3 is 12.0 Å². The summed E-state index contributed by atoms with van der Waals surface area (Å²) in [6.45, 7) is 2.95. The molecule has 2 fully saturated rings. The lowest BCUT2D eigenvalue weighted by Gasteiger charge is -2.39. The van der Waals surface area contributed by atoms with Crippen LogP contribution in [0.15, 0.2) is 0 Å². The number of urea groups is 1. The van der Waals surface area contributed by atoms with Crippen molar-refractivity contribution < 1.29 is 14.7 Å². The van der Waals surface area contributed by atoms with Gasteiger partial charge in [-0.05, 0) is 32.6 Å². The van der Waals surface area contributed by atoms with Crippen molar-refractivity contribution in [1.82, 2.24) is 10.2 Å². The molecule has 0 spiro atoms. The van der Waals surface area contributed by atoms with Gasteiger partial charge in [0.1, 0.15) is 0 Å². The molecular formula is C15H26N2O3. The van der Waals surface area contributed by atoms with E-state index < -0.39 is 11.4 Å². The summed E-state index contributed by atoms with van der Waals surface area (Å²) in [6, 6.07) is 0.239. The summed E-state index contributed by atoms with van der Waals surface area (Å²) in [6.07, 6.45) is 8.09. The highest BCUT2D eigenvalue weighted by atomic mass is 16.4. The van der Waals surface area contributed by atoms with E-state index in [1.807, 2.05) is 11.8 Å². The Morgan fingerprint density at radius 2 is 1.85 bits per heavy atom. The van der Waals surface area contributed by atoms with Crippen molar-refractivity contribution in [2.75, 3.05) is 13.1 Å². The van der Waals surface area contributed by atoms with E-state index in [0.29, 0.717) is 25.4 Å². The molecule has 114 valence electrons. The van der Waals surface area contributed by atoms with Crippen LogP contribution in [0.5, 0.6) is 0 Å². The van der Waals surface area contributed by atoms with E-state index in [4.69, 9.17) is 0 Å². The molecule has 5 heteroatoms. The minimum atomic E-state index is -0.773. The molecule has 20 heavy (non-hydrogen) atoms. The van der Waals surface area contributed by atoms with Crippen molar-refractivity contribution in [3.8, 4) is 0 Å². The van der Waals surface area contributed by atoms with Crippen molar-refractivity contribution in [3.05, 3.63) is 0 Å². The molecular weight excluding hydrogens is 256 g/mol. The summed E-state index contributed by atoms with van der Waals surface area (Å²) < 4.78 is 0. The fourth-order valence-corrected chi connectivity index (χ4v) is 3.38. The Bertz CT molecular complexity index is 360. The predicted molar refractivity (Wildman–Crippen MR) is 76.6 cm³/mol. The summed E-state index contributed by atoms with van der Waals surface area (Å²) in [5.74, 6) is -0.773. The molecule has 0 aromatic heterocycles. The molecule has 5 nitrogen and oxygen atoms in total. The zero-order valence-corrected chi connectivity index (χ0v) is 12.4. The zero-order chi connectivity index (χ0) is 14.6. The number of rotatable bonds is 5. The fraction of sp³-hybridized carbons (Fsp3) is 0.867. The average molecular weight is 282 g/mol. The first-order valence-electron chi connectivity index (χ1n) is 7.87. The Kier molecular flexibility index (Phi) is 4.89. The standard InChI is InChI=1S/C15H26N2O3/c1-2-17(12-7-4-3-5-8-12)14(20)16-11-15(13(18)19)9-6-10-15/h12H,2-11H2,1H3,(H,16,20)(H,18,19). The molecule has 2 aliphatic rings. The van der Waals surface area contributed by atoms with Crippen molar-refractivity contribution >= 4 is 12.0 Å². The Labute approximate surface area is 120 Å². The third-order valence-electron chi connectivity index (χ3n) is 4.96. The normalized spacial score (nSPS) is 21.9. The van der Waals surface area contributed by atoms with Crippen LogP contribution >= 0.6 is 0 Å². The van der Waals surface area contributed by atoms with Gasteiger partial charge in [-0.1, -0.05) is 25.7 Å². The molecule has 0 aromatic carbocycles. The number of hydrogen-bond acceptors (Lipinski definition) is 2. The molecule has 2 N–H and O–H groups in total. The van der Waals surface area contributed by atoms with E-state index >= 15 is 0 Å². The van der Waals surface area contributed by atoms with Gasteiger partial charge in [0.25, 0.3) is 0 Å². The molecule has 0 atom stereocenters. The molecule has 2 saturated carbocycles. The van der Waals surface area contributed by atoms with Gasteiger partial charge in [0.05, 0.1) is 5.41 Å². The molecule has 2 rings (SSSR count). The number of nitrogens with one attached hydrogen (secondary N) is 1. The Morgan fingerprint density at radius 3 is 2.30 bits per heavy atom. The lowest BCUT2D eigenvalue weighted by molar-refractivity contribution is -0.153. The highest BCUT2D eigenvalue weighted by molar-refractivity contribution is 5.79. The Balaban J connectivity index is 1.87. The Morgan fingerprint density at radius 1 is 1.20 bits per heavy atom. The second kappa shape index (κ2) is 6.46. The number of nitrogens with zero attached hydrogens (tertiary/aromatic N) is 1. The minimum absolute atomic E-state index is 0.0908. The molecule has 0 bridgehead atoms. The van der Waals surface area contributed by atoms with Crippen LogP contribution in [0, 0.1) is 5.41 Å². The van der Waals surface area contributed by atoms with E-state index in [9.17, 15) is 14.7 Å². The van der Waals surface area contributed by atoms with Crippen molar-refractivity contribution in [1.29, 1.82) is 0 Å². The number of aliphatic carboxylic acids is 1. The van der Waals surface area contributed by atoms with Gasteiger partial charge in [-0.25, -0.2) is 4.79 Å². The van der Waals surface area contributed by atoms with Crippen LogP contribution in [0.2, 0.25) is 0 Å². The molecule has 0 radical (unpaired) electrons. The van der Waals surface area contributed by atoms with Crippen LogP contribution in [-0.4, -0.2) is 41.1 Å². The molecule has 2 amide bonds. The maximum absolute atomic E-state index is 12.3. The second-order valence-corrected chi connectivity index (χ2v) is 6.18. The van der Waals surface area contributed by atoms with Crippen LogP contribution in [0.3, 0.4) is 0 Å². The first-order valence-corrected chi connectivity index (χ1v) is 7.87.